The molecule has 50 valence electrons. The molecule has 0 fully saturated rings. The van der Waals surface area contributed by atoms with Crippen molar-refractivity contribution in [3.8, 4) is 0 Å². The van der Waals surface area contributed by atoms with E-state index >= 15 is 0 Å². The van der Waals surface area contributed by atoms with Crippen LogP contribution in [0.2, 0.25) is 0 Å². The Hall–Kier alpha value is 2.33. The zero-order valence-corrected chi connectivity index (χ0v) is 5.91. The van der Waals surface area contributed by atoms with Crippen LogP contribution in [0.15, 0.2) is 0 Å². The third-order valence-electron chi connectivity index (χ3n) is 0. The minimum absolute atomic E-state index is 0. The maximum atomic E-state index is 8.69. The molecule has 0 aliphatic heterocycles. The van der Waals surface area contributed by atoms with E-state index in [1.807, 2.05) is 0 Å². The second kappa shape index (κ2) is 9.33. The van der Waals surface area contributed by atoms with E-state index in [0.717, 1.165) is 0 Å². The molecule has 0 aliphatic carbocycles. The number of halogens is 1. The van der Waals surface area contributed by atoms with E-state index in [-0.39, 0.29) is 80.9 Å². The van der Waals surface area contributed by atoms with Crippen molar-refractivity contribution in [3.05, 3.63) is 0 Å². The molecule has 0 unspecified atom stereocenters. The zero-order valence-electron chi connectivity index (χ0n) is 2.81. The maximum absolute atomic E-state index is 8.69. The molecule has 0 radical (unpaired) electrons. The molecule has 0 saturated carbocycles. The van der Waals surface area contributed by atoms with Crippen LogP contribution in [0.5, 0.6) is 0 Å². The van der Waals surface area contributed by atoms with Gasteiger partial charge in [0.25, 0.3) is 0 Å². The Kier molecular flexibility index (Phi) is 26.2. The summed E-state index contributed by atoms with van der Waals surface area (Å²) in [6.45, 7) is 0. The van der Waals surface area contributed by atoms with Crippen LogP contribution in [0.25, 0.3) is 0 Å². The molecule has 1 N–H and O–H groups in total. The van der Waals surface area contributed by atoms with Gasteiger partial charge in [0, 0.05) is 17.1 Å². The summed E-state index contributed by atoms with van der Waals surface area (Å²) in [6, 6.07) is 0. The van der Waals surface area contributed by atoms with E-state index < -0.39 is 13.0 Å². The predicted octanol–water partition coefficient (Wildman–Crippen LogP) is -1.15. The van der Waals surface area contributed by atoms with Crippen molar-refractivity contribution in [3.63, 3.8) is 0 Å². The van der Waals surface area contributed by atoms with Crippen LogP contribution >= 0.6 is 12.4 Å². The normalized spacial score (nSPS) is 7.12. The van der Waals surface area contributed by atoms with Gasteiger partial charge in [-0.05, 0) is 0 Å². The molecular weight excluding hydrogens is 249 g/mol. The molecule has 0 heterocycles. The Morgan fingerprint density at radius 3 is 1.12 bits per heavy atom. The number of hydrogen-bond donors (Lipinski definition) is 1. The van der Waals surface area contributed by atoms with Gasteiger partial charge in [-0.1, -0.05) is 0 Å². The summed E-state index contributed by atoms with van der Waals surface area (Å²) in [5.41, 5.74) is 0. The summed E-state index contributed by atoms with van der Waals surface area (Å²) >= 11 is -5.38. The van der Waals surface area contributed by atoms with Crippen molar-refractivity contribution < 1.29 is 45.7 Å². The first-order valence-corrected chi connectivity index (χ1v) is 2.61. The van der Waals surface area contributed by atoms with E-state index in [0.29, 0.717) is 0 Å². The first-order chi connectivity index (χ1) is 2.00. The standard InChI is InChI=1S/ClH.Fe.K.Mn.H2O.3O.H/h1H;;;;1H2;;;;/q;;;+1;;;;;/p-1. The summed E-state index contributed by atoms with van der Waals surface area (Å²) in [5.74, 6) is 0. The Labute approximate surface area is 107 Å². The van der Waals surface area contributed by atoms with Gasteiger partial charge in [-0.25, -0.2) is 0 Å². The van der Waals surface area contributed by atoms with Gasteiger partial charge in [0.1, 0.15) is 0 Å². The van der Waals surface area contributed by atoms with Gasteiger partial charge in [0.15, 0.2) is 0 Å². The van der Waals surface area contributed by atoms with Crippen LogP contribution in [-0.2, 0) is 41.5 Å². The molecule has 0 aromatic heterocycles. The number of rotatable bonds is 0. The molecule has 0 spiro atoms. The van der Waals surface area contributed by atoms with Gasteiger partial charge >= 0.3 is 80.0 Å². The van der Waals surface area contributed by atoms with E-state index in [9.17, 15) is 0 Å². The van der Waals surface area contributed by atoms with Crippen LogP contribution in [0.3, 0.4) is 0 Å². The van der Waals surface area contributed by atoms with E-state index in [2.05, 4.69) is 0 Å². The zero-order chi connectivity index (χ0) is 4.50. The number of hydrogen-bond acceptors (Lipinski definition) is 3. The monoisotopic (exact) mass is 252 g/mol. The Morgan fingerprint density at radius 2 is 1.12 bits per heavy atom. The second-order valence-electron chi connectivity index (χ2n) is 0.396. The predicted molar refractivity (Wildman–Crippen MR) is 18.7 cm³/mol. The molecule has 0 aromatic carbocycles. The molecule has 0 saturated heterocycles. The first-order valence-electron chi connectivity index (χ1n) is 0.632. The van der Waals surface area contributed by atoms with Gasteiger partial charge in [-0.3, -0.25) is 0 Å². The van der Waals surface area contributed by atoms with Gasteiger partial charge in [0.2, 0.25) is 0 Å². The van der Waals surface area contributed by atoms with E-state index in [4.69, 9.17) is 15.7 Å². The first kappa shape index (κ1) is 22.4. The second-order valence-corrected chi connectivity index (χ2v) is 1.63. The van der Waals surface area contributed by atoms with Crippen LogP contribution in [-0.4, -0.2) is 55.6 Å². The molecule has 0 rings (SSSR count). The molecule has 4 nitrogen and oxygen atoms in total. The molecule has 0 atom stereocenters. The van der Waals surface area contributed by atoms with Gasteiger partial charge in [0.05, 0.1) is 0 Å². The quantitative estimate of drug-likeness (QED) is 0.553. The molecule has 8 heteroatoms. The van der Waals surface area contributed by atoms with Crippen molar-refractivity contribution in [1.29, 1.82) is 0 Å². The van der Waals surface area contributed by atoms with Crippen molar-refractivity contribution in [2.45, 2.75) is 0 Å². The summed E-state index contributed by atoms with van der Waals surface area (Å²) in [5, 5.41) is 0. The summed E-state index contributed by atoms with van der Waals surface area (Å²) < 4.78 is 33.1. The molecule has 0 aromatic rings. The summed E-state index contributed by atoms with van der Waals surface area (Å²) in [6.07, 6.45) is 0. The fourth-order valence-corrected chi connectivity index (χ4v) is 0. The van der Waals surface area contributed by atoms with Gasteiger partial charge < -0.3 is 0 Å². The van der Waals surface area contributed by atoms with Crippen LogP contribution < -0.4 is 0 Å². The van der Waals surface area contributed by atoms with Crippen molar-refractivity contribution in [1.82, 2.24) is 0 Å². The van der Waals surface area contributed by atoms with Crippen molar-refractivity contribution >= 4 is 63.8 Å². The average molecular weight is 252 g/mol. The summed E-state index contributed by atoms with van der Waals surface area (Å²) in [4.78, 5) is 0. The topological polar surface area (TPSA) is 71.4 Å². The minimum atomic E-state index is -5.38. The average Bonchev–Trinajstić information content (AvgIpc) is 0.722. The Bertz CT molecular complexity index is 137. The fraction of sp³-hybridized carbons (Fsp3) is 0. The molecule has 8 heavy (non-hydrogen) atoms. The van der Waals surface area contributed by atoms with Crippen molar-refractivity contribution in [2.75, 3.05) is 0 Å². The van der Waals surface area contributed by atoms with Crippen molar-refractivity contribution in [2.24, 2.45) is 0 Å². The van der Waals surface area contributed by atoms with Gasteiger partial charge in [-0.2, -0.15) is 0 Å². The van der Waals surface area contributed by atoms with Crippen LogP contribution in [0, 0.1) is 0 Å². The Morgan fingerprint density at radius 1 is 1.12 bits per heavy atom. The Balaban J connectivity index is -0.0000000267. The third-order valence-corrected chi connectivity index (χ3v) is 0. The van der Waals surface area contributed by atoms with Crippen LogP contribution in [0.4, 0.5) is 0 Å². The third kappa shape index (κ3) is 82.6. The van der Waals surface area contributed by atoms with Gasteiger partial charge in [-0.15, -0.1) is 12.4 Å². The SMILES string of the molecule is Cl.[Fe].[KH].[O]=[Mn](=[O])(=[O])[OH]. The molecule has 0 bridgehead atoms. The molecule has 0 amide bonds. The molecular formula is H3ClFeKMnO4. The molecule has 0 aliphatic rings. The van der Waals surface area contributed by atoms with E-state index in [1.54, 1.807) is 0 Å². The fourth-order valence-electron chi connectivity index (χ4n) is 0. The summed E-state index contributed by atoms with van der Waals surface area (Å²) in [7, 11) is 0. The van der Waals surface area contributed by atoms with E-state index in [1.165, 1.54) is 0 Å². The van der Waals surface area contributed by atoms with Crippen LogP contribution in [0.1, 0.15) is 0 Å².